The quantitative estimate of drug-likeness (QED) is 0.800. The van der Waals surface area contributed by atoms with E-state index in [2.05, 4.69) is 0 Å². The van der Waals surface area contributed by atoms with E-state index in [4.69, 9.17) is 5.73 Å². The van der Waals surface area contributed by atoms with Gasteiger partial charge in [-0.25, -0.2) is 4.39 Å². The van der Waals surface area contributed by atoms with Crippen molar-refractivity contribution in [1.82, 2.24) is 0 Å². The molecular formula is C14H15FN2. The number of anilines is 3. The number of nitrogens with zero attached hydrogens (tertiary/aromatic N) is 1. The second kappa shape index (κ2) is 4.45. The molecule has 0 unspecified atom stereocenters. The van der Waals surface area contributed by atoms with Crippen LogP contribution in [0.3, 0.4) is 0 Å². The monoisotopic (exact) mass is 230 g/mol. The predicted molar refractivity (Wildman–Crippen MR) is 70.1 cm³/mol. The van der Waals surface area contributed by atoms with Gasteiger partial charge in [0.15, 0.2) is 0 Å². The van der Waals surface area contributed by atoms with Crippen molar-refractivity contribution in [2.45, 2.75) is 6.92 Å². The number of halogens is 1. The van der Waals surface area contributed by atoms with Gasteiger partial charge in [0, 0.05) is 24.1 Å². The molecule has 2 aromatic carbocycles. The summed E-state index contributed by atoms with van der Waals surface area (Å²) < 4.78 is 12.8. The van der Waals surface area contributed by atoms with Crippen LogP contribution in [0.15, 0.2) is 42.5 Å². The predicted octanol–water partition coefficient (Wildman–Crippen LogP) is 3.48. The summed E-state index contributed by atoms with van der Waals surface area (Å²) in [5.74, 6) is -0.226. The number of benzene rings is 2. The van der Waals surface area contributed by atoms with E-state index in [1.807, 2.05) is 37.1 Å². The van der Waals surface area contributed by atoms with E-state index >= 15 is 0 Å². The summed E-state index contributed by atoms with van der Waals surface area (Å²) in [6.45, 7) is 2.01. The van der Waals surface area contributed by atoms with Gasteiger partial charge in [-0.05, 0) is 55.0 Å². The molecule has 2 rings (SSSR count). The molecule has 2 aromatic rings. The van der Waals surface area contributed by atoms with Crippen LogP contribution in [0.1, 0.15) is 5.56 Å². The Hall–Kier alpha value is -2.03. The fourth-order valence-corrected chi connectivity index (χ4v) is 1.86. The molecule has 0 aromatic heterocycles. The van der Waals surface area contributed by atoms with Gasteiger partial charge in [0.2, 0.25) is 0 Å². The average Bonchev–Trinajstić information content (AvgIpc) is 2.29. The third-order valence-electron chi connectivity index (χ3n) is 2.80. The summed E-state index contributed by atoms with van der Waals surface area (Å²) in [5.41, 5.74) is 9.57. The third-order valence-corrected chi connectivity index (χ3v) is 2.80. The zero-order valence-electron chi connectivity index (χ0n) is 9.94. The maximum Gasteiger partial charge on any atom is 0.123 e. The van der Waals surface area contributed by atoms with Gasteiger partial charge in [-0.15, -0.1) is 0 Å². The Bertz CT molecular complexity index is 520. The Kier molecular flexibility index (Phi) is 3.00. The first-order valence-electron chi connectivity index (χ1n) is 5.43. The fraction of sp³-hybridized carbons (Fsp3) is 0.143. The van der Waals surface area contributed by atoms with Crippen molar-refractivity contribution in [3.05, 3.63) is 53.8 Å². The Morgan fingerprint density at radius 2 is 1.71 bits per heavy atom. The Morgan fingerprint density at radius 3 is 2.29 bits per heavy atom. The highest BCUT2D eigenvalue weighted by atomic mass is 19.1. The zero-order chi connectivity index (χ0) is 12.4. The van der Waals surface area contributed by atoms with Gasteiger partial charge in [0.1, 0.15) is 5.82 Å². The van der Waals surface area contributed by atoms with Crippen LogP contribution in [-0.4, -0.2) is 7.05 Å². The Balaban J connectivity index is 2.36. The molecule has 0 aliphatic rings. The first-order chi connectivity index (χ1) is 8.08. The SMILES string of the molecule is Cc1cc(N)ccc1N(C)c1ccc(F)cc1. The maximum atomic E-state index is 12.8. The van der Waals surface area contributed by atoms with Crippen LogP contribution in [0.2, 0.25) is 0 Å². The number of hydrogen-bond donors (Lipinski definition) is 1. The Labute approximate surface area is 100 Å². The van der Waals surface area contributed by atoms with Crippen LogP contribution < -0.4 is 10.6 Å². The standard InChI is InChI=1S/C14H15FN2/c1-10-9-12(16)5-8-14(10)17(2)13-6-3-11(15)4-7-13/h3-9H,16H2,1-2H3. The van der Waals surface area contributed by atoms with Crippen molar-refractivity contribution in [2.75, 3.05) is 17.7 Å². The van der Waals surface area contributed by atoms with Crippen LogP contribution in [0, 0.1) is 12.7 Å². The van der Waals surface area contributed by atoms with E-state index in [9.17, 15) is 4.39 Å². The van der Waals surface area contributed by atoms with Gasteiger partial charge in [-0.3, -0.25) is 0 Å². The lowest BCUT2D eigenvalue weighted by Crippen LogP contribution is -2.10. The number of rotatable bonds is 2. The highest BCUT2D eigenvalue weighted by Gasteiger charge is 2.06. The molecule has 0 atom stereocenters. The topological polar surface area (TPSA) is 29.3 Å². The number of hydrogen-bond acceptors (Lipinski definition) is 2. The van der Waals surface area contributed by atoms with Crippen molar-refractivity contribution in [1.29, 1.82) is 0 Å². The minimum absolute atomic E-state index is 0.226. The summed E-state index contributed by atoms with van der Waals surface area (Å²) in [5, 5.41) is 0. The second-order valence-electron chi connectivity index (χ2n) is 4.08. The van der Waals surface area contributed by atoms with Gasteiger partial charge >= 0.3 is 0 Å². The van der Waals surface area contributed by atoms with Crippen molar-refractivity contribution >= 4 is 17.1 Å². The number of nitrogen functional groups attached to an aromatic ring is 1. The van der Waals surface area contributed by atoms with E-state index in [0.29, 0.717) is 0 Å². The molecule has 0 spiro atoms. The zero-order valence-corrected chi connectivity index (χ0v) is 9.94. The molecule has 3 heteroatoms. The van der Waals surface area contributed by atoms with Crippen molar-refractivity contribution < 1.29 is 4.39 Å². The molecule has 17 heavy (non-hydrogen) atoms. The molecule has 0 aliphatic carbocycles. The van der Waals surface area contributed by atoms with E-state index in [-0.39, 0.29) is 5.82 Å². The van der Waals surface area contributed by atoms with Gasteiger partial charge < -0.3 is 10.6 Å². The van der Waals surface area contributed by atoms with Gasteiger partial charge in [-0.2, -0.15) is 0 Å². The summed E-state index contributed by atoms with van der Waals surface area (Å²) in [7, 11) is 1.95. The molecule has 0 bridgehead atoms. The molecule has 0 heterocycles. The van der Waals surface area contributed by atoms with Crippen LogP contribution in [-0.2, 0) is 0 Å². The van der Waals surface area contributed by atoms with E-state index in [0.717, 1.165) is 22.6 Å². The molecule has 2 nitrogen and oxygen atoms in total. The lowest BCUT2D eigenvalue weighted by molar-refractivity contribution is 0.628. The van der Waals surface area contributed by atoms with Gasteiger partial charge in [0.05, 0.1) is 0 Å². The molecule has 0 radical (unpaired) electrons. The van der Waals surface area contributed by atoms with E-state index < -0.39 is 0 Å². The summed E-state index contributed by atoms with van der Waals surface area (Å²) in [6, 6.07) is 12.2. The molecule has 88 valence electrons. The Morgan fingerprint density at radius 1 is 1.06 bits per heavy atom. The largest absolute Gasteiger partial charge is 0.399 e. The summed E-state index contributed by atoms with van der Waals surface area (Å²) in [4.78, 5) is 2.01. The molecular weight excluding hydrogens is 215 g/mol. The van der Waals surface area contributed by atoms with E-state index in [1.54, 1.807) is 12.1 Å². The van der Waals surface area contributed by atoms with Crippen molar-refractivity contribution in [2.24, 2.45) is 0 Å². The van der Waals surface area contributed by atoms with Crippen molar-refractivity contribution in [3.8, 4) is 0 Å². The maximum absolute atomic E-state index is 12.8. The van der Waals surface area contributed by atoms with Crippen molar-refractivity contribution in [3.63, 3.8) is 0 Å². The highest BCUT2D eigenvalue weighted by Crippen LogP contribution is 2.27. The summed E-state index contributed by atoms with van der Waals surface area (Å²) >= 11 is 0. The smallest absolute Gasteiger partial charge is 0.123 e. The third kappa shape index (κ3) is 2.38. The van der Waals surface area contributed by atoms with Gasteiger partial charge in [-0.1, -0.05) is 0 Å². The number of aryl methyl sites for hydroxylation is 1. The summed E-state index contributed by atoms with van der Waals surface area (Å²) in [6.07, 6.45) is 0. The fourth-order valence-electron chi connectivity index (χ4n) is 1.86. The minimum Gasteiger partial charge on any atom is -0.399 e. The van der Waals surface area contributed by atoms with Crippen LogP contribution in [0.4, 0.5) is 21.5 Å². The minimum atomic E-state index is -0.226. The number of nitrogens with two attached hydrogens (primary N) is 1. The lowest BCUT2D eigenvalue weighted by Gasteiger charge is -2.21. The van der Waals surface area contributed by atoms with Crippen LogP contribution in [0.25, 0.3) is 0 Å². The molecule has 0 fully saturated rings. The molecule has 0 saturated carbocycles. The highest BCUT2D eigenvalue weighted by molar-refractivity contribution is 5.67. The molecule has 2 N–H and O–H groups in total. The first kappa shape index (κ1) is 11.5. The molecule has 0 saturated heterocycles. The first-order valence-corrected chi connectivity index (χ1v) is 5.43. The van der Waals surface area contributed by atoms with Crippen LogP contribution in [0.5, 0.6) is 0 Å². The second-order valence-corrected chi connectivity index (χ2v) is 4.08. The van der Waals surface area contributed by atoms with Gasteiger partial charge in [0.25, 0.3) is 0 Å². The average molecular weight is 230 g/mol. The molecule has 0 amide bonds. The normalized spacial score (nSPS) is 10.3. The molecule has 0 aliphatic heterocycles. The van der Waals surface area contributed by atoms with Crippen LogP contribution >= 0.6 is 0 Å². The lowest BCUT2D eigenvalue weighted by atomic mass is 10.1. The van der Waals surface area contributed by atoms with E-state index in [1.165, 1.54) is 12.1 Å².